The summed E-state index contributed by atoms with van der Waals surface area (Å²) in [7, 11) is 2.14. The van der Waals surface area contributed by atoms with Gasteiger partial charge in [-0.15, -0.1) is 0 Å². The van der Waals surface area contributed by atoms with Crippen LogP contribution in [0.15, 0.2) is 24.3 Å². The molecule has 100 valence electrons. The Labute approximate surface area is 114 Å². The van der Waals surface area contributed by atoms with E-state index in [0.29, 0.717) is 0 Å². The first-order valence-electron chi connectivity index (χ1n) is 6.49. The lowest BCUT2D eigenvalue weighted by atomic mass is 10.00. The van der Waals surface area contributed by atoms with Crippen LogP contribution in [0.3, 0.4) is 0 Å². The van der Waals surface area contributed by atoms with Crippen molar-refractivity contribution in [2.75, 3.05) is 33.3 Å². The Kier molecular flexibility index (Phi) is 5.01. The van der Waals surface area contributed by atoms with Crippen LogP contribution in [0.5, 0.6) is 0 Å². The number of hydrogen-bond donors (Lipinski definition) is 1. The Morgan fingerprint density at radius 2 is 2.39 bits per heavy atom. The van der Waals surface area contributed by atoms with Gasteiger partial charge in [-0.3, -0.25) is 0 Å². The number of likely N-dealkylation sites (N-methyl/N-ethyl adjacent to an activating group) is 2. The van der Waals surface area contributed by atoms with E-state index in [1.54, 1.807) is 0 Å². The molecule has 18 heavy (non-hydrogen) atoms. The van der Waals surface area contributed by atoms with E-state index in [2.05, 4.69) is 30.3 Å². The molecule has 0 bridgehead atoms. The minimum absolute atomic E-state index is 0.183. The summed E-state index contributed by atoms with van der Waals surface area (Å²) in [5.74, 6) is 0. The van der Waals surface area contributed by atoms with Crippen molar-refractivity contribution in [3.8, 4) is 0 Å². The molecule has 1 heterocycles. The van der Waals surface area contributed by atoms with E-state index < -0.39 is 0 Å². The molecule has 1 fully saturated rings. The molecule has 1 aliphatic rings. The first-order valence-corrected chi connectivity index (χ1v) is 6.87. The van der Waals surface area contributed by atoms with Gasteiger partial charge in [-0.1, -0.05) is 30.7 Å². The van der Waals surface area contributed by atoms with Crippen LogP contribution in [0.25, 0.3) is 0 Å². The molecule has 0 radical (unpaired) electrons. The summed E-state index contributed by atoms with van der Waals surface area (Å²) < 4.78 is 5.91. The predicted molar refractivity (Wildman–Crippen MR) is 75.1 cm³/mol. The molecule has 1 aromatic rings. The number of ether oxygens (including phenoxy) is 1. The molecule has 3 nitrogen and oxygen atoms in total. The maximum atomic E-state index is 6.08. The van der Waals surface area contributed by atoms with Crippen molar-refractivity contribution < 1.29 is 4.74 Å². The van der Waals surface area contributed by atoms with E-state index in [4.69, 9.17) is 16.3 Å². The Morgan fingerprint density at radius 3 is 3.06 bits per heavy atom. The first kappa shape index (κ1) is 13.8. The van der Waals surface area contributed by atoms with Crippen LogP contribution >= 0.6 is 11.6 Å². The molecule has 0 saturated carbocycles. The molecule has 1 aliphatic heterocycles. The zero-order chi connectivity index (χ0) is 13.0. The van der Waals surface area contributed by atoms with Gasteiger partial charge < -0.3 is 15.0 Å². The second kappa shape index (κ2) is 6.53. The van der Waals surface area contributed by atoms with E-state index in [-0.39, 0.29) is 12.1 Å². The number of benzene rings is 1. The highest BCUT2D eigenvalue weighted by atomic mass is 35.5. The summed E-state index contributed by atoms with van der Waals surface area (Å²) in [6, 6.07) is 8.23. The molecule has 2 atom stereocenters. The van der Waals surface area contributed by atoms with Crippen molar-refractivity contribution in [3.05, 3.63) is 34.9 Å². The van der Waals surface area contributed by atoms with Crippen molar-refractivity contribution in [2.24, 2.45) is 0 Å². The number of nitrogens with one attached hydrogen (secondary N) is 1. The summed E-state index contributed by atoms with van der Waals surface area (Å²) in [5.41, 5.74) is 1.20. The Morgan fingerprint density at radius 1 is 1.56 bits per heavy atom. The molecule has 0 aromatic heterocycles. The molecule has 4 heteroatoms. The van der Waals surface area contributed by atoms with E-state index in [9.17, 15) is 0 Å². The van der Waals surface area contributed by atoms with Crippen LogP contribution in [0.1, 0.15) is 18.5 Å². The van der Waals surface area contributed by atoms with E-state index >= 15 is 0 Å². The fourth-order valence-corrected chi connectivity index (χ4v) is 2.60. The molecule has 2 rings (SSSR count). The summed E-state index contributed by atoms with van der Waals surface area (Å²) in [6.45, 7) is 5.78. The highest BCUT2D eigenvalue weighted by Gasteiger charge is 2.27. The third kappa shape index (κ3) is 3.45. The van der Waals surface area contributed by atoms with Crippen molar-refractivity contribution >= 4 is 11.6 Å². The minimum Gasteiger partial charge on any atom is -0.374 e. The molecule has 0 spiro atoms. The van der Waals surface area contributed by atoms with Gasteiger partial charge in [0.2, 0.25) is 0 Å². The van der Waals surface area contributed by atoms with Crippen molar-refractivity contribution in [1.29, 1.82) is 0 Å². The predicted octanol–water partition coefficient (Wildman–Crippen LogP) is 2.32. The topological polar surface area (TPSA) is 24.5 Å². The van der Waals surface area contributed by atoms with Gasteiger partial charge in [-0.25, -0.2) is 0 Å². The average molecular weight is 269 g/mol. The first-order chi connectivity index (χ1) is 8.70. The number of rotatable bonds is 4. The molecule has 0 amide bonds. The third-order valence-electron chi connectivity index (χ3n) is 3.30. The van der Waals surface area contributed by atoms with Gasteiger partial charge in [-0.05, 0) is 31.3 Å². The average Bonchev–Trinajstić information content (AvgIpc) is 2.36. The van der Waals surface area contributed by atoms with E-state index in [1.807, 2.05) is 18.2 Å². The summed E-state index contributed by atoms with van der Waals surface area (Å²) in [5, 5.41) is 4.28. The minimum atomic E-state index is 0.183. The second-order valence-corrected chi connectivity index (χ2v) is 5.20. The highest BCUT2D eigenvalue weighted by molar-refractivity contribution is 6.30. The van der Waals surface area contributed by atoms with Crippen molar-refractivity contribution in [2.45, 2.75) is 19.1 Å². The summed E-state index contributed by atoms with van der Waals surface area (Å²) >= 11 is 6.08. The fourth-order valence-electron chi connectivity index (χ4n) is 2.40. The number of morpholine rings is 1. The Balaban J connectivity index is 2.16. The Bertz CT molecular complexity index is 386. The van der Waals surface area contributed by atoms with Gasteiger partial charge in [0.25, 0.3) is 0 Å². The van der Waals surface area contributed by atoms with E-state index in [0.717, 1.165) is 31.3 Å². The van der Waals surface area contributed by atoms with Gasteiger partial charge in [0.15, 0.2) is 0 Å². The lowest BCUT2D eigenvalue weighted by Gasteiger charge is -2.35. The number of halogens is 1. The van der Waals surface area contributed by atoms with Crippen molar-refractivity contribution in [3.63, 3.8) is 0 Å². The monoisotopic (exact) mass is 268 g/mol. The largest absolute Gasteiger partial charge is 0.374 e. The number of nitrogens with zero attached hydrogens (tertiary/aromatic N) is 1. The summed E-state index contributed by atoms with van der Waals surface area (Å²) in [6.07, 6.45) is 0.183. The second-order valence-electron chi connectivity index (χ2n) is 4.76. The zero-order valence-corrected chi connectivity index (χ0v) is 11.8. The van der Waals surface area contributed by atoms with E-state index in [1.165, 1.54) is 5.56 Å². The maximum Gasteiger partial charge on any atom is 0.0896 e. The molecular weight excluding hydrogens is 248 g/mol. The van der Waals surface area contributed by atoms with Gasteiger partial charge >= 0.3 is 0 Å². The quantitative estimate of drug-likeness (QED) is 0.907. The molecule has 1 N–H and O–H groups in total. The molecular formula is C14H21ClN2O. The highest BCUT2D eigenvalue weighted by Crippen LogP contribution is 2.24. The molecule has 2 unspecified atom stereocenters. The van der Waals surface area contributed by atoms with Crippen LogP contribution in [-0.4, -0.2) is 44.3 Å². The smallest absolute Gasteiger partial charge is 0.0896 e. The van der Waals surface area contributed by atoms with Crippen LogP contribution in [0.2, 0.25) is 5.02 Å². The van der Waals surface area contributed by atoms with Crippen LogP contribution in [0.4, 0.5) is 0 Å². The standard InChI is InChI=1S/C14H21ClN2O/c1-3-16-14(11-5-4-6-12(15)9-11)13-10-17(2)7-8-18-13/h4-6,9,13-14,16H,3,7-8,10H2,1-2H3. The number of hydrogen-bond acceptors (Lipinski definition) is 3. The van der Waals surface area contributed by atoms with Crippen LogP contribution in [0, 0.1) is 0 Å². The van der Waals surface area contributed by atoms with Crippen LogP contribution in [-0.2, 0) is 4.74 Å². The maximum absolute atomic E-state index is 6.08. The zero-order valence-electron chi connectivity index (χ0n) is 11.0. The lowest BCUT2D eigenvalue weighted by molar-refractivity contribution is -0.0390. The van der Waals surface area contributed by atoms with Gasteiger partial charge in [0, 0.05) is 18.1 Å². The lowest BCUT2D eigenvalue weighted by Crippen LogP contribution is -2.46. The SMILES string of the molecule is CCNC(c1cccc(Cl)c1)C1CN(C)CCO1. The normalized spacial score (nSPS) is 22.9. The van der Waals surface area contributed by atoms with Gasteiger partial charge in [0.05, 0.1) is 18.8 Å². The summed E-state index contributed by atoms with van der Waals surface area (Å²) in [4.78, 5) is 2.31. The molecule has 1 aromatic carbocycles. The molecule has 1 saturated heterocycles. The third-order valence-corrected chi connectivity index (χ3v) is 3.54. The Hall–Kier alpha value is -0.610. The fraction of sp³-hybridized carbons (Fsp3) is 0.571. The van der Waals surface area contributed by atoms with Crippen LogP contribution < -0.4 is 5.32 Å². The van der Waals surface area contributed by atoms with Crippen molar-refractivity contribution in [1.82, 2.24) is 10.2 Å². The van der Waals surface area contributed by atoms with Gasteiger partial charge in [-0.2, -0.15) is 0 Å². The van der Waals surface area contributed by atoms with Gasteiger partial charge in [0.1, 0.15) is 0 Å². The molecule has 0 aliphatic carbocycles.